The minimum Gasteiger partial charge on any atom is -0.347 e. The predicted molar refractivity (Wildman–Crippen MR) is 68.9 cm³/mol. The van der Waals surface area contributed by atoms with E-state index in [0.29, 0.717) is 0 Å². The van der Waals surface area contributed by atoms with Crippen molar-refractivity contribution < 1.29 is 9.59 Å². The molecule has 0 saturated heterocycles. The zero-order chi connectivity index (χ0) is 12.3. The number of halogens is 1. The summed E-state index contributed by atoms with van der Waals surface area (Å²) in [6, 6.07) is -0.0376. The van der Waals surface area contributed by atoms with Crippen molar-refractivity contribution in [2.24, 2.45) is 11.7 Å². The fourth-order valence-electron chi connectivity index (χ4n) is 2.00. The van der Waals surface area contributed by atoms with E-state index in [0.717, 1.165) is 19.3 Å². The number of carbonyl (C=O) groups is 2. The van der Waals surface area contributed by atoms with Gasteiger partial charge in [-0.25, -0.2) is 0 Å². The van der Waals surface area contributed by atoms with Crippen molar-refractivity contribution in [3.05, 3.63) is 0 Å². The van der Waals surface area contributed by atoms with Gasteiger partial charge in [0, 0.05) is 27.2 Å². The molecular formula is C11H22ClN3O2. The molecule has 6 heteroatoms. The molecule has 0 aliphatic heterocycles. The number of nitrogens with zero attached hydrogens (tertiary/aromatic N) is 2. The molecule has 17 heavy (non-hydrogen) atoms. The van der Waals surface area contributed by atoms with Gasteiger partial charge < -0.3 is 15.5 Å². The number of carbonyl (C=O) groups excluding carboxylic acids is 2. The van der Waals surface area contributed by atoms with Gasteiger partial charge in [0.1, 0.15) is 0 Å². The van der Waals surface area contributed by atoms with E-state index in [4.69, 9.17) is 5.73 Å². The van der Waals surface area contributed by atoms with Crippen LogP contribution < -0.4 is 5.73 Å². The fraction of sp³-hybridized carbons (Fsp3) is 0.818. The Morgan fingerprint density at radius 1 is 1.24 bits per heavy atom. The number of nitrogens with two attached hydrogens (primary N) is 1. The molecule has 2 amide bonds. The standard InChI is InChI=1S/C11H21N3O2.ClH/c1-13(2)10(15)7-14(3)11(16)8-5-4-6-9(8)12;/h8-9H,4-7,12H2,1-3H3;1H. The van der Waals surface area contributed by atoms with Gasteiger partial charge in [0.15, 0.2) is 0 Å². The summed E-state index contributed by atoms with van der Waals surface area (Å²) in [6.45, 7) is 0.134. The Kier molecular flexibility index (Phi) is 6.49. The van der Waals surface area contributed by atoms with Gasteiger partial charge in [0.2, 0.25) is 11.8 Å². The highest BCUT2D eigenvalue weighted by Gasteiger charge is 2.32. The monoisotopic (exact) mass is 263 g/mol. The topological polar surface area (TPSA) is 66.6 Å². The molecule has 100 valence electrons. The molecule has 0 aromatic rings. The van der Waals surface area contributed by atoms with Crippen LogP contribution in [-0.4, -0.2) is 55.3 Å². The lowest BCUT2D eigenvalue weighted by Gasteiger charge is -2.24. The summed E-state index contributed by atoms with van der Waals surface area (Å²) in [7, 11) is 5.03. The second-order valence-corrected chi connectivity index (χ2v) is 4.68. The van der Waals surface area contributed by atoms with Crippen LogP contribution in [0.4, 0.5) is 0 Å². The van der Waals surface area contributed by atoms with E-state index in [1.165, 1.54) is 9.80 Å². The summed E-state index contributed by atoms with van der Waals surface area (Å²) < 4.78 is 0. The maximum atomic E-state index is 12.0. The van der Waals surface area contributed by atoms with Crippen LogP contribution in [0.1, 0.15) is 19.3 Å². The van der Waals surface area contributed by atoms with E-state index < -0.39 is 0 Å². The summed E-state index contributed by atoms with van der Waals surface area (Å²) >= 11 is 0. The number of likely N-dealkylation sites (N-methyl/N-ethyl adjacent to an activating group) is 2. The summed E-state index contributed by atoms with van der Waals surface area (Å²) in [5.74, 6) is -0.164. The van der Waals surface area contributed by atoms with Gasteiger partial charge in [-0.1, -0.05) is 6.42 Å². The van der Waals surface area contributed by atoms with Crippen molar-refractivity contribution in [1.82, 2.24) is 9.80 Å². The Bertz CT molecular complexity index is 284. The molecule has 2 N–H and O–H groups in total. The van der Waals surface area contributed by atoms with Crippen LogP contribution in [-0.2, 0) is 9.59 Å². The molecule has 1 aliphatic rings. The maximum Gasteiger partial charge on any atom is 0.241 e. The highest BCUT2D eigenvalue weighted by atomic mass is 35.5. The Morgan fingerprint density at radius 3 is 2.24 bits per heavy atom. The second-order valence-electron chi connectivity index (χ2n) is 4.68. The first kappa shape index (κ1) is 16.2. The zero-order valence-corrected chi connectivity index (χ0v) is 11.5. The predicted octanol–water partition coefficient (Wildman–Crippen LogP) is 0.0822. The maximum absolute atomic E-state index is 12.0. The van der Waals surface area contributed by atoms with E-state index >= 15 is 0 Å². The molecule has 1 saturated carbocycles. The highest BCUT2D eigenvalue weighted by Crippen LogP contribution is 2.25. The second kappa shape index (κ2) is 6.81. The van der Waals surface area contributed by atoms with Gasteiger partial charge in [-0.3, -0.25) is 9.59 Å². The van der Waals surface area contributed by atoms with Crippen LogP contribution in [0.25, 0.3) is 0 Å². The fourth-order valence-corrected chi connectivity index (χ4v) is 2.00. The molecule has 0 heterocycles. The summed E-state index contributed by atoms with van der Waals surface area (Å²) in [5.41, 5.74) is 5.87. The molecule has 1 rings (SSSR count). The van der Waals surface area contributed by atoms with E-state index in [1.54, 1.807) is 21.1 Å². The van der Waals surface area contributed by atoms with Gasteiger partial charge in [-0.15, -0.1) is 12.4 Å². The first-order chi connectivity index (χ1) is 7.43. The number of hydrogen-bond acceptors (Lipinski definition) is 3. The Labute approximate surface area is 109 Å². The van der Waals surface area contributed by atoms with Crippen molar-refractivity contribution in [3.8, 4) is 0 Å². The van der Waals surface area contributed by atoms with Crippen molar-refractivity contribution in [2.75, 3.05) is 27.7 Å². The molecular weight excluding hydrogens is 242 g/mol. The Hall–Kier alpha value is -0.810. The molecule has 0 aromatic heterocycles. The summed E-state index contributed by atoms with van der Waals surface area (Å²) in [5, 5.41) is 0. The quantitative estimate of drug-likeness (QED) is 0.784. The average molecular weight is 264 g/mol. The summed E-state index contributed by atoms with van der Waals surface area (Å²) in [6.07, 6.45) is 2.76. The van der Waals surface area contributed by atoms with Gasteiger partial charge >= 0.3 is 0 Å². The van der Waals surface area contributed by atoms with Crippen LogP contribution in [0.15, 0.2) is 0 Å². The molecule has 0 radical (unpaired) electrons. The number of hydrogen-bond donors (Lipinski definition) is 1. The van der Waals surface area contributed by atoms with E-state index in [2.05, 4.69) is 0 Å². The molecule has 1 fully saturated rings. The lowest BCUT2D eigenvalue weighted by atomic mass is 10.0. The Balaban J connectivity index is 0.00000256. The third kappa shape index (κ3) is 4.16. The highest BCUT2D eigenvalue weighted by molar-refractivity contribution is 5.86. The smallest absolute Gasteiger partial charge is 0.241 e. The minimum atomic E-state index is -0.0973. The molecule has 2 unspecified atom stereocenters. The first-order valence-corrected chi connectivity index (χ1v) is 5.64. The lowest BCUT2D eigenvalue weighted by Crippen LogP contribution is -2.43. The number of amides is 2. The summed E-state index contributed by atoms with van der Waals surface area (Å²) in [4.78, 5) is 26.4. The molecule has 5 nitrogen and oxygen atoms in total. The first-order valence-electron chi connectivity index (χ1n) is 5.64. The van der Waals surface area contributed by atoms with Gasteiger partial charge in [-0.2, -0.15) is 0 Å². The van der Waals surface area contributed by atoms with E-state index in [1.807, 2.05) is 0 Å². The SMILES string of the molecule is CN(C)C(=O)CN(C)C(=O)C1CCCC1N.Cl. The zero-order valence-electron chi connectivity index (χ0n) is 10.7. The van der Waals surface area contributed by atoms with Crippen LogP contribution in [0.2, 0.25) is 0 Å². The molecule has 0 spiro atoms. The Morgan fingerprint density at radius 2 is 1.82 bits per heavy atom. The third-order valence-electron chi connectivity index (χ3n) is 3.13. The van der Waals surface area contributed by atoms with Crippen molar-refractivity contribution in [1.29, 1.82) is 0 Å². The van der Waals surface area contributed by atoms with Crippen molar-refractivity contribution >= 4 is 24.2 Å². The lowest BCUT2D eigenvalue weighted by molar-refractivity contribution is -0.140. The van der Waals surface area contributed by atoms with Gasteiger partial charge in [0.05, 0.1) is 12.5 Å². The van der Waals surface area contributed by atoms with Crippen molar-refractivity contribution in [3.63, 3.8) is 0 Å². The van der Waals surface area contributed by atoms with Crippen LogP contribution >= 0.6 is 12.4 Å². The molecule has 2 atom stereocenters. The minimum absolute atomic E-state index is 0. The van der Waals surface area contributed by atoms with Gasteiger partial charge in [0.25, 0.3) is 0 Å². The normalized spacial score (nSPS) is 22.8. The third-order valence-corrected chi connectivity index (χ3v) is 3.13. The van der Waals surface area contributed by atoms with Gasteiger partial charge in [-0.05, 0) is 12.8 Å². The van der Waals surface area contributed by atoms with Crippen LogP contribution in [0, 0.1) is 5.92 Å². The largest absolute Gasteiger partial charge is 0.347 e. The van der Waals surface area contributed by atoms with Crippen LogP contribution in [0.3, 0.4) is 0 Å². The molecule has 1 aliphatic carbocycles. The average Bonchev–Trinajstić information content (AvgIpc) is 2.62. The molecule has 0 aromatic carbocycles. The number of rotatable bonds is 3. The molecule has 0 bridgehead atoms. The van der Waals surface area contributed by atoms with Crippen molar-refractivity contribution in [2.45, 2.75) is 25.3 Å². The van der Waals surface area contributed by atoms with Crippen LogP contribution in [0.5, 0.6) is 0 Å². The van der Waals surface area contributed by atoms with E-state index in [9.17, 15) is 9.59 Å². The van der Waals surface area contributed by atoms with E-state index in [-0.39, 0.29) is 42.7 Å².